The molecule has 8 atom stereocenters. The summed E-state index contributed by atoms with van der Waals surface area (Å²) in [7, 11) is 9.85. The molecule has 2 aromatic rings. The number of hydrogen-bond acceptors (Lipinski definition) is 10. The minimum absolute atomic E-state index is 0.00248. The van der Waals surface area contributed by atoms with Gasteiger partial charge in [-0.15, -0.1) is 0 Å². The lowest BCUT2D eigenvalue weighted by atomic mass is 9.58. The molecule has 45 heavy (non-hydrogen) atoms. The van der Waals surface area contributed by atoms with E-state index in [1.807, 2.05) is 13.0 Å². The fourth-order valence-corrected chi connectivity index (χ4v) is 9.80. The summed E-state index contributed by atoms with van der Waals surface area (Å²) in [5.41, 5.74) is 2.32. The van der Waals surface area contributed by atoms with Crippen LogP contribution in [0.3, 0.4) is 0 Å². The van der Waals surface area contributed by atoms with Crippen LogP contribution in [0.5, 0.6) is 23.0 Å². The van der Waals surface area contributed by atoms with Gasteiger partial charge in [0.05, 0.1) is 47.0 Å². The third-order valence-electron chi connectivity index (χ3n) is 11.3. The minimum Gasteiger partial charge on any atom is -0.497 e. The predicted molar refractivity (Wildman–Crippen MR) is 167 cm³/mol. The smallest absolute Gasteiger partial charge is 0.331 e. The quantitative estimate of drug-likeness (QED) is 0.246. The van der Waals surface area contributed by atoms with Crippen LogP contribution in [-0.2, 0) is 24.5 Å². The summed E-state index contributed by atoms with van der Waals surface area (Å²) in [5.74, 6) is 1.19. The van der Waals surface area contributed by atoms with E-state index in [4.69, 9.17) is 28.4 Å². The van der Waals surface area contributed by atoms with Crippen molar-refractivity contribution < 1.29 is 38.0 Å². The van der Waals surface area contributed by atoms with E-state index in [-0.39, 0.29) is 30.0 Å². The fourth-order valence-electron chi connectivity index (χ4n) is 9.80. The van der Waals surface area contributed by atoms with Crippen LogP contribution < -0.4 is 23.8 Å². The zero-order valence-electron chi connectivity index (χ0n) is 26.8. The Bertz CT molecular complexity index is 1610. The lowest BCUT2D eigenvalue weighted by Gasteiger charge is -2.61. The van der Waals surface area contributed by atoms with Crippen LogP contribution in [0.15, 0.2) is 48.1 Å². The average Bonchev–Trinajstić information content (AvgIpc) is 3.46. The summed E-state index contributed by atoms with van der Waals surface area (Å²) in [5, 5.41) is 0. The molecule has 6 aliphatic rings. The summed E-state index contributed by atoms with van der Waals surface area (Å²) in [6.07, 6.45) is 5.90. The molecule has 1 spiro atoms. The number of carbonyl (C=O) groups excluding carboxylic acids is 2. The predicted octanol–water partition coefficient (Wildman–Crippen LogP) is 4.00. The fraction of sp³-hybridized carbons (Fsp3) is 0.486. The average molecular weight is 617 g/mol. The largest absolute Gasteiger partial charge is 0.497 e. The summed E-state index contributed by atoms with van der Waals surface area (Å²) in [6, 6.07) is 9.72. The molecule has 10 nitrogen and oxygen atoms in total. The molecule has 5 aliphatic heterocycles. The second kappa shape index (κ2) is 10.4. The van der Waals surface area contributed by atoms with Gasteiger partial charge in [0.25, 0.3) is 0 Å². The van der Waals surface area contributed by atoms with Gasteiger partial charge in [0.15, 0.2) is 11.5 Å². The van der Waals surface area contributed by atoms with Crippen molar-refractivity contribution in [2.75, 3.05) is 54.0 Å². The highest BCUT2D eigenvalue weighted by atomic mass is 16.6. The number of esters is 2. The van der Waals surface area contributed by atoms with Gasteiger partial charge in [-0.2, -0.15) is 0 Å². The number of nitrogens with zero attached hydrogens (tertiary/aromatic N) is 2. The van der Waals surface area contributed by atoms with Gasteiger partial charge in [0.2, 0.25) is 5.75 Å². The Morgan fingerprint density at radius 2 is 1.71 bits per heavy atom. The van der Waals surface area contributed by atoms with Crippen molar-refractivity contribution in [2.45, 2.75) is 49.4 Å². The number of anilines is 1. The second-order valence-electron chi connectivity index (χ2n) is 12.6. The molecule has 5 heterocycles. The minimum atomic E-state index is -1.05. The second-order valence-corrected chi connectivity index (χ2v) is 12.6. The first kappa shape index (κ1) is 29.5. The Labute approximate surface area is 263 Å². The molecule has 238 valence electrons. The lowest BCUT2D eigenvalue weighted by Crippen LogP contribution is -2.71. The number of ether oxygens (including phenoxy) is 6. The molecule has 5 fully saturated rings. The third-order valence-corrected chi connectivity index (χ3v) is 11.3. The molecule has 1 saturated carbocycles. The van der Waals surface area contributed by atoms with Crippen molar-refractivity contribution >= 4 is 23.7 Å². The maximum Gasteiger partial charge on any atom is 0.331 e. The van der Waals surface area contributed by atoms with E-state index in [1.54, 1.807) is 46.6 Å². The Morgan fingerprint density at radius 1 is 0.978 bits per heavy atom. The van der Waals surface area contributed by atoms with Crippen molar-refractivity contribution in [2.24, 2.45) is 11.3 Å². The molecule has 1 aliphatic carbocycles. The van der Waals surface area contributed by atoms with Gasteiger partial charge in [-0.25, -0.2) is 4.79 Å². The SMILES string of the molecule is C/C=C1/CN2[C@H]3C[C@@]45c6cc(OC)ccc6N(C)[C@@H]4[C@@H]2C[C@@H]1[C@]3(C(=O)OC)[C@H]5OC(=O)/C=C/c1cc(OC)c(OC)c(OC)c1. The van der Waals surface area contributed by atoms with Gasteiger partial charge in [-0.05, 0) is 67.3 Å². The van der Waals surface area contributed by atoms with E-state index in [2.05, 4.69) is 35.1 Å². The molecule has 0 aromatic heterocycles. The highest BCUT2D eigenvalue weighted by Gasteiger charge is 2.84. The Hall–Kier alpha value is -4.18. The van der Waals surface area contributed by atoms with E-state index in [0.29, 0.717) is 29.2 Å². The number of carbonyl (C=O) groups is 2. The zero-order valence-corrected chi connectivity index (χ0v) is 26.8. The van der Waals surface area contributed by atoms with E-state index < -0.39 is 22.9 Å². The number of allylic oxidation sites excluding steroid dienone is 1. The highest BCUT2D eigenvalue weighted by molar-refractivity contribution is 5.90. The van der Waals surface area contributed by atoms with Crippen LogP contribution in [0.2, 0.25) is 0 Å². The van der Waals surface area contributed by atoms with Crippen molar-refractivity contribution in [3.63, 3.8) is 0 Å². The first-order valence-electron chi connectivity index (χ1n) is 15.3. The van der Waals surface area contributed by atoms with Crippen molar-refractivity contribution in [3.8, 4) is 23.0 Å². The topological polar surface area (TPSA) is 96.0 Å². The van der Waals surface area contributed by atoms with Crippen molar-refractivity contribution in [3.05, 3.63) is 59.2 Å². The van der Waals surface area contributed by atoms with Gasteiger partial charge in [0, 0.05) is 43.4 Å². The van der Waals surface area contributed by atoms with Crippen LogP contribution in [0.1, 0.15) is 30.9 Å². The number of hydrogen-bond donors (Lipinski definition) is 0. The van der Waals surface area contributed by atoms with Crippen LogP contribution in [0.4, 0.5) is 5.69 Å². The Kier molecular flexibility index (Phi) is 6.85. The van der Waals surface area contributed by atoms with E-state index in [9.17, 15) is 9.59 Å². The number of piperidine rings is 4. The molecule has 2 aromatic carbocycles. The number of rotatable bonds is 8. The Morgan fingerprint density at radius 3 is 2.33 bits per heavy atom. The normalized spacial score (nSPS) is 34.1. The highest BCUT2D eigenvalue weighted by Crippen LogP contribution is 2.73. The van der Waals surface area contributed by atoms with Crippen LogP contribution in [0, 0.1) is 11.3 Å². The van der Waals surface area contributed by atoms with Gasteiger partial charge >= 0.3 is 11.9 Å². The molecule has 1 unspecified atom stereocenters. The molecule has 10 heteroatoms. The summed E-state index contributed by atoms with van der Waals surface area (Å²) in [6.45, 7) is 2.83. The molecule has 0 amide bonds. The van der Waals surface area contributed by atoms with Gasteiger partial charge in [0.1, 0.15) is 17.3 Å². The molecular formula is C35H40N2O8. The van der Waals surface area contributed by atoms with Crippen molar-refractivity contribution in [1.29, 1.82) is 0 Å². The third kappa shape index (κ3) is 3.66. The molecular weight excluding hydrogens is 576 g/mol. The van der Waals surface area contributed by atoms with Gasteiger partial charge in [-0.3, -0.25) is 9.69 Å². The van der Waals surface area contributed by atoms with E-state index in [1.165, 1.54) is 18.8 Å². The van der Waals surface area contributed by atoms with Gasteiger partial charge < -0.3 is 33.3 Å². The van der Waals surface area contributed by atoms with Crippen LogP contribution in [0.25, 0.3) is 6.08 Å². The maximum absolute atomic E-state index is 14.3. The summed E-state index contributed by atoms with van der Waals surface area (Å²) >= 11 is 0. The van der Waals surface area contributed by atoms with Crippen LogP contribution in [-0.4, -0.2) is 90.2 Å². The molecule has 0 radical (unpaired) electrons. The number of methoxy groups -OCH3 is 5. The molecule has 8 rings (SSSR count). The number of benzene rings is 2. The Balaban J connectivity index is 1.36. The zero-order chi connectivity index (χ0) is 31.8. The van der Waals surface area contributed by atoms with E-state index in [0.717, 1.165) is 30.0 Å². The first-order chi connectivity index (χ1) is 21.7. The number of fused-ring (bicyclic) bond motifs is 2. The monoisotopic (exact) mass is 616 g/mol. The van der Waals surface area contributed by atoms with Crippen LogP contribution >= 0.6 is 0 Å². The molecule has 6 bridgehead atoms. The van der Waals surface area contributed by atoms with Crippen molar-refractivity contribution in [1.82, 2.24) is 4.90 Å². The van der Waals surface area contributed by atoms with E-state index >= 15 is 0 Å². The first-order valence-corrected chi connectivity index (χ1v) is 15.3. The summed E-state index contributed by atoms with van der Waals surface area (Å²) in [4.78, 5) is 33.1. The van der Waals surface area contributed by atoms with Gasteiger partial charge in [-0.1, -0.05) is 11.6 Å². The maximum atomic E-state index is 14.3. The lowest BCUT2D eigenvalue weighted by molar-refractivity contribution is -0.186. The molecule has 0 N–H and O–H groups in total. The standard InChI is InChI=1S/C35H40N2O8/c1-8-20-18-37-25-16-22(20)35(33(39)44-7)28(37)17-34(23-15-21(40-3)10-11-24(23)36(2)31(25)34)32(35)45-29(38)12-9-19-13-26(41-4)30(43-6)27(14-19)42-5/h8-15,22,25,28,31-32H,16-18H2,1-7H3/b12-9+,20-8-/t22-,25-,28-,31+,32-,34+,35+/m0/s1. The number of likely N-dealkylation sites (N-methyl/N-ethyl adjacent to an activating group) is 1. The summed E-state index contributed by atoms with van der Waals surface area (Å²) < 4.78 is 34.4. The molecule has 4 saturated heterocycles.